The summed E-state index contributed by atoms with van der Waals surface area (Å²) in [6.45, 7) is 2.42. The molecule has 0 N–H and O–H groups in total. The summed E-state index contributed by atoms with van der Waals surface area (Å²) in [5, 5.41) is 0. The maximum atomic E-state index is 12.7. The molecule has 0 aromatic heterocycles. The zero-order valence-electron chi connectivity index (χ0n) is 17.6. The summed E-state index contributed by atoms with van der Waals surface area (Å²) >= 11 is 0. The predicted molar refractivity (Wildman–Crippen MR) is 114 cm³/mol. The highest BCUT2D eigenvalue weighted by Gasteiger charge is 2.30. The van der Waals surface area contributed by atoms with E-state index in [1.165, 1.54) is 9.21 Å². The molecule has 1 saturated heterocycles. The first-order valence-electron chi connectivity index (χ1n) is 9.93. The van der Waals surface area contributed by atoms with Crippen LogP contribution in [0.3, 0.4) is 0 Å². The third kappa shape index (κ3) is 5.83. The second-order valence-electron chi connectivity index (χ2n) is 7.28. The highest BCUT2D eigenvalue weighted by Crippen LogP contribution is 2.18. The fourth-order valence-electron chi connectivity index (χ4n) is 3.23. The van der Waals surface area contributed by atoms with Gasteiger partial charge in [-0.1, -0.05) is 29.8 Å². The Morgan fingerprint density at radius 3 is 2.13 bits per heavy atom. The van der Waals surface area contributed by atoms with Gasteiger partial charge in [0.05, 0.1) is 18.4 Å². The Balaban J connectivity index is 1.46. The van der Waals surface area contributed by atoms with Crippen LogP contribution in [0.1, 0.15) is 11.1 Å². The molecule has 2 aromatic rings. The molecule has 9 heteroatoms. The van der Waals surface area contributed by atoms with E-state index in [0.717, 1.165) is 11.1 Å². The van der Waals surface area contributed by atoms with Gasteiger partial charge in [0.25, 0.3) is 5.91 Å². The molecule has 8 nitrogen and oxygen atoms in total. The Hall–Kier alpha value is -2.91. The summed E-state index contributed by atoms with van der Waals surface area (Å²) in [7, 11) is -2.03. The van der Waals surface area contributed by atoms with E-state index in [0.29, 0.717) is 5.75 Å². The predicted octanol–water partition coefficient (Wildman–Crippen LogP) is 1.62. The lowest BCUT2D eigenvalue weighted by atomic mass is 10.1. The molecular weight excluding hydrogens is 420 g/mol. The van der Waals surface area contributed by atoms with E-state index in [1.807, 2.05) is 6.92 Å². The Labute approximate surface area is 182 Å². The molecule has 0 aliphatic carbocycles. The number of methoxy groups -OCH3 is 1. The molecule has 1 aliphatic heterocycles. The minimum absolute atomic E-state index is 0.0554. The van der Waals surface area contributed by atoms with Crippen molar-refractivity contribution in [2.45, 2.75) is 18.2 Å². The highest BCUT2D eigenvalue weighted by molar-refractivity contribution is 7.89. The molecule has 0 saturated carbocycles. The monoisotopic (exact) mass is 446 g/mol. The van der Waals surface area contributed by atoms with Crippen LogP contribution in [0.15, 0.2) is 53.4 Å². The number of carbonyl (C=O) groups is 2. The maximum absolute atomic E-state index is 12.7. The van der Waals surface area contributed by atoms with E-state index >= 15 is 0 Å². The Morgan fingerprint density at radius 2 is 1.55 bits per heavy atom. The van der Waals surface area contributed by atoms with Crippen molar-refractivity contribution >= 4 is 21.9 Å². The number of hydrogen-bond acceptors (Lipinski definition) is 6. The van der Waals surface area contributed by atoms with Gasteiger partial charge in [0.15, 0.2) is 6.61 Å². The van der Waals surface area contributed by atoms with E-state index < -0.39 is 16.0 Å². The number of ether oxygens (including phenoxy) is 2. The number of sulfonamides is 1. The number of hydrogen-bond donors (Lipinski definition) is 0. The number of aryl methyl sites for hydroxylation is 1. The molecule has 1 fully saturated rings. The fourth-order valence-corrected chi connectivity index (χ4v) is 4.65. The highest BCUT2D eigenvalue weighted by atomic mass is 32.2. The Bertz CT molecular complexity index is 1010. The van der Waals surface area contributed by atoms with Gasteiger partial charge in [0, 0.05) is 26.2 Å². The van der Waals surface area contributed by atoms with Gasteiger partial charge >= 0.3 is 5.97 Å². The van der Waals surface area contributed by atoms with Gasteiger partial charge in [-0.25, -0.2) is 8.42 Å². The number of benzene rings is 2. The van der Waals surface area contributed by atoms with Gasteiger partial charge in [0.1, 0.15) is 5.75 Å². The zero-order chi connectivity index (χ0) is 22.4. The quantitative estimate of drug-likeness (QED) is 0.600. The molecule has 3 rings (SSSR count). The smallest absolute Gasteiger partial charge is 0.310 e. The van der Waals surface area contributed by atoms with E-state index in [9.17, 15) is 18.0 Å². The lowest BCUT2D eigenvalue weighted by molar-refractivity contribution is -0.152. The van der Waals surface area contributed by atoms with Crippen molar-refractivity contribution in [1.29, 1.82) is 0 Å². The van der Waals surface area contributed by atoms with Crippen LogP contribution in [0.25, 0.3) is 0 Å². The first-order valence-corrected chi connectivity index (χ1v) is 11.4. The maximum Gasteiger partial charge on any atom is 0.310 e. The van der Waals surface area contributed by atoms with E-state index in [4.69, 9.17) is 9.47 Å². The van der Waals surface area contributed by atoms with Crippen molar-refractivity contribution in [3.05, 3.63) is 59.7 Å². The largest absolute Gasteiger partial charge is 0.497 e. The number of carbonyl (C=O) groups excluding carboxylic acids is 2. The van der Waals surface area contributed by atoms with Crippen LogP contribution in [0.4, 0.5) is 0 Å². The summed E-state index contributed by atoms with van der Waals surface area (Å²) in [6.07, 6.45) is 0.0554. The standard InChI is InChI=1S/C22H26N2O6S/c1-17-3-9-20(10-4-17)31(27,28)24-13-11-23(12-14-24)21(25)16-30-22(26)15-18-5-7-19(29-2)8-6-18/h3-10H,11-16H2,1-2H3. The second-order valence-corrected chi connectivity index (χ2v) is 9.22. The minimum atomic E-state index is -3.59. The molecule has 1 heterocycles. The van der Waals surface area contributed by atoms with Gasteiger partial charge < -0.3 is 14.4 Å². The normalized spacial score (nSPS) is 14.8. The third-order valence-electron chi connectivity index (χ3n) is 5.11. The van der Waals surface area contributed by atoms with Crippen LogP contribution in [-0.2, 0) is 30.8 Å². The van der Waals surface area contributed by atoms with Crippen molar-refractivity contribution in [3.63, 3.8) is 0 Å². The average Bonchev–Trinajstić information content (AvgIpc) is 2.78. The Morgan fingerprint density at radius 1 is 0.935 bits per heavy atom. The van der Waals surface area contributed by atoms with E-state index in [2.05, 4.69) is 0 Å². The molecule has 2 aromatic carbocycles. The SMILES string of the molecule is COc1ccc(CC(=O)OCC(=O)N2CCN(S(=O)(=O)c3ccc(C)cc3)CC2)cc1. The molecule has 1 amide bonds. The lowest BCUT2D eigenvalue weighted by Gasteiger charge is -2.33. The Kier molecular flexibility index (Phi) is 7.29. The molecule has 0 spiro atoms. The van der Waals surface area contributed by atoms with Crippen LogP contribution < -0.4 is 4.74 Å². The number of amides is 1. The molecular formula is C22H26N2O6S. The second kappa shape index (κ2) is 9.93. The van der Waals surface area contributed by atoms with Gasteiger partial charge in [-0.3, -0.25) is 9.59 Å². The summed E-state index contributed by atoms with van der Waals surface area (Å²) in [6, 6.07) is 13.7. The molecule has 0 radical (unpaired) electrons. The zero-order valence-corrected chi connectivity index (χ0v) is 18.4. The number of esters is 1. The topological polar surface area (TPSA) is 93.2 Å². The van der Waals surface area contributed by atoms with Crippen LogP contribution in [0.2, 0.25) is 0 Å². The fraction of sp³-hybridized carbons (Fsp3) is 0.364. The van der Waals surface area contributed by atoms with E-state index in [-0.39, 0.29) is 50.0 Å². The summed E-state index contributed by atoms with van der Waals surface area (Å²) in [5.74, 6) is -0.148. The van der Waals surface area contributed by atoms with Gasteiger partial charge in [-0.15, -0.1) is 0 Å². The van der Waals surface area contributed by atoms with Crippen molar-refractivity contribution in [2.75, 3.05) is 39.9 Å². The van der Waals surface area contributed by atoms with Crippen LogP contribution >= 0.6 is 0 Å². The molecule has 31 heavy (non-hydrogen) atoms. The van der Waals surface area contributed by atoms with Gasteiger partial charge in [0.2, 0.25) is 10.0 Å². The molecule has 0 unspecified atom stereocenters. The van der Waals surface area contributed by atoms with Gasteiger partial charge in [-0.2, -0.15) is 4.31 Å². The average molecular weight is 447 g/mol. The number of nitrogens with zero attached hydrogens (tertiary/aromatic N) is 2. The number of rotatable bonds is 7. The number of piperazine rings is 1. The molecule has 0 bridgehead atoms. The summed E-state index contributed by atoms with van der Waals surface area (Å²) in [5.41, 5.74) is 1.74. The first kappa shape index (κ1) is 22.8. The molecule has 166 valence electrons. The molecule has 1 aliphatic rings. The van der Waals surface area contributed by atoms with Crippen LogP contribution in [0.5, 0.6) is 5.75 Å². The van der Waals surface area contributed by atoms with Crippen molar-refractivity contribution in [1.82, 2.24) is 9.21 Å². The van der Waals surface area contributed by atoms with E-state index in [1.54, 1.807) is 55.6 Å². The van der Waals surface area contributed by atoms with Crippen molar-refractivity contribution in [3.8, 4) is 5.75 Å². The van der Waals surface area contributed by atoms with Crippen molar-refractivity contribution in [2.24, 2.45) is 0 Å². The van der Waals surface area contributed by atoms with Gasteiger partial charge in [-0.05, 0) is 36.8 Å². The lowest BCUT2D eigenvalue weighted by Crippen LogP contribution is -2.51. The first-order chi connectivity index (χ1) is 14.8. The summed E-state index contributed by atoms with van der Waals surface area (Å²) < 4.78 is 37.0. The van der Waals surface area contributed by atoms with Crippen LogP contribution in [-0.4, -0.2) is 69.4 Å². The molecule has 0 atom stereocenters. The van der Waals surface area contributed by atoms with Crippen LogP contribution in [0, 0.1) is 6.92 Å². The minimum Gasteiger partial charge on any atom is -0.497 e. The summed E-state index contributed by atoms with van der Waals surface area (Å²) in [4.78, 5) is 26.1. The van der Waals surface area contributed by atoms with Crippen molar-refractivity contribution < 1.29 is 27.5 Å². The third-order valence-corrected chi connectivity index (χ3v) is 7.03.